The van der Waals surface area contributed by atoms with Crippen molar-refractivity contribution in [3.63, 3.8) is 0 Å². The monoisotopic (exact) mass is 360 g/mol. The molecule has 0 N–H and O–H groups in total. The summed E-state index contributed by atoms with van der Waals surface area (Å²) in [6, 6.07) is 18.8. The molecule has 27 heavy (non-hydrogen) atoms. The Kier molecular flexibility index (Phi) is 3.25. The summed E-state index contributed by atoms with van der Waals surface area (Å²) >= 11 is 0. The van der Waals surface area contributed by atoms with Crippen LogP contribution in [0.3, 0.4) is 0 Å². The Morgan fingerprint density at radius 2 is 1.81 bits per heavy atom. The van der Waals surface area contributed by atoms with E-state index in [0.29, 0.717) is 18.4 Å². The van der Waals surface area contributed by atoms with E-state index in [1.54, 1.807) is 0 Å². The number of nitrogens with zero attached hydrogens (tertiary/aromatic N) is 2. The molecule has 1 amide bonds. The quantitative estimate of drug-likeness (QED) is 0.822. The van der Waals surface area contributed by atoms with E-state index in [9.17, 15) is 4.79 Å². The van der Waals surface area contributed by atoms with Crippen molar-refractivity contribution >= 4 is 6.09 Å². The van der Waals surface area contributed by atoms with Gasteiger partial charge in [-0.1, -0.05) is 54.6 Å². The van der Waals surface area contributed by atoms with Crippen LogP contribution in [0.25, 0.3) is 0 Å². The number of hydrogen-bond acceptors (Lipinski definition) is 3. The minimum absolute atomic E-state index is 0.0591. The third-order valence-electron chi connectivity index (χ3n) is 7.22. The van der Waals surface area contributed by atoms with Gasteiger partial charge in [0.1, 0.15) is 5.60 Å². The van der Waals surface area contributed by atoms with Gasteiger partial charge in [-0.3, -0.25) is 9.80 Å². The second-order valence-electron chi connectivity index (χ2n) is 8.52. The molecule has 2 aromatic rings. The average Bonchev–Trinajstić information content (AvgIpc) is 3.21. The van der Waals surface area contributed by atoms with Crippen LogP contribution < -0.4 is 0 Å². The predicted octanol–water partition coefficient (Wildman–Crippen LogP) is 3.47. The molecule has 5 atom stereocenters. The van der Waals surface area contributed by atoms with E-state index in [1.807, 2.05) is 11.0 Å². The number of fused-ring (bicyclic) bond motifs is 2. The molecule has 3 saturated heterocycles. The molecule has 138 valence electrons. The zero-order valence-electron chi connectivity index (χ0n) is 15.4. The Labute approximate surface area is 159 Å². The third-order valence-corrected chi connectivity index (χ3v) is 7.22. The number of rotatable bonds is 2. The highest BCUT2D eigenvalue weighted by Crippen LogP contribution is 2.63. The summed E-state index contributed by atoms with van der Waals surface area (Å²) in [7, 11) is 0. The van der Waals surface area contributed by atoms with Crippen LogP contribution in [0, 0.1) is 11.8 Å². The molecule has 4 heteroatoms. The molecule has 3 unspecified atom stereocenters. The lowest BCUT2D eigenvalue weighted by Crippen LogP contribution is -2.45. The van der Waals surface area contributed by atoms with Gasteiger partial charge in [-0.15, -0.1) is 0 Å². The molecule has 4 aliphatic heterocycles. The van der Waals surface area contributed by atoms with Gasteiger partial charge in [-0.2, -0.15) is 0 Å². The Hall–Kier alpha value is -2.33. The van der Waals surface area contributed by atoms with Crippen molar-refractivity contribution in [2.45, 2.75) is 24.5 Å². The topological polar surface area (TPSA) is 32.8 Å². The first kappa shape index (κ1) is 15.7. The fourth-order valence-electron chi connectivity index (χ4n) is 5.88. The van der Waals surface area contributed by atoms with Crippen LogP contribution in [0.15, 0.2) is 54.6 Å². The molecule has 4 fully saturated rings. The van der Waals surface area contributed by atoms with Gasteiger partial charge in [0.05, 0.1) is 6.04 Å². The van der Waals surface area contributed by atoms with Gasteiger partial charge in [0, 0.05) is 31.5 Å². The standard InChI is InChI=1S/C23H24N2O2/c26-22(27-23-15-24-12-11-19(23)20(23)14-24)25-13-10-16-6-4-5-9-18(16)21(25)17-7-2-1-3-8-17/h1-9,19-21H,10-15H2/t19?,20?,21-,23+/m0/s1. The lowest BCUT2D eigenvalue weighted by Gasteiger charge is -2.38. The van der Waals surface area contributed by atoms with Crippen LogP contribution in [0.1, 0.15) is 29.2 Å². The molecule has 4 heterocycles. The van der Waals surface area contributed by atoms with Crippen molar-refractivity contribution in [1.29, 1.82) is 0 Å². The first-order valence-corrected chi connectivity index (χ1v) is 10.1. The number of benzene rings is 2. The Morgan fingerprint density at radius 1 is 1.00 bits per heavy atom. The fraction of sp³-hybridized carbons (Fsp3) is 0.435. The highest BCUT2D eigenvalue weighted by atomic mass is 16.6. The molecule has 4 nitrogen and oxygen atoms in total. The van der Waals surface area contributed by atoms with E-state index in [0.717, 1.165) is 25.1 Å². The van der Waals surface area contributed by atoms with Crippen molar-refractivity contribution in [1.82, 2.24) is 9.80 Å². The highest BCUT2D eigenvalue weighted by Gasteiger charge is 2.74. The van der Waals surface area contributed by atoms with Crippen LogP contribution >= 0.6 is 0 Å². The molecule has 0 aromatic heterocycles. The van der Waals surface area contributed by atoms with Crippen molar-refractivity contribution in [3.8, 4) is 0 Å². The maximum Gasteiger partial charge on any atom is 0.411 e. The van der Waals surface area contributed by atoms with E-state index < -0.39 is 0 Å². The van der Waals surface area contributed by atoms with Gasteiger partial charge in [-0.05, 0) is 36.1 Å². The second-order valence-corrected chi connectivity index (χ2v) is 8.52. The number of ether oxygens (including phenoxy) is 1. The van der Waals surface area contributed by atoms with E-state index >= 15 is 0 Å². The Morgan fingerprint density at radius 3 is 2.56 bits per heavy atom. The van der Waals surface area contributed by atoms with E-state index in [-0.39, 0.29) is 17.7 Å². The van der Waals surface area contributed by atoms with Crippen LogP contribution in [0.4, 0.5) is 4.79 Å². The number of hydrogen-bond donors (Lipinski definition) is 0. The highest BCUT2D eigenvalue weighted by molar-refractivity contribution is 5.71. The normalized spacial score (nSPS) is 35.5. The lowest BCUT2D eigenvalue weighted by molar-refractivity contribution is 0.0155. The van der Waals surface area contributed by atoms with Gasteiger partial charge < -0.3 is 4.74 Å². The molecular formula is C23H24N2O2. The molecule has 4 bridgehead atoms. The molecular weight excluding hydrogens is 336 g/mol. The summed E-state index contributed by atoms with van der Waals surface area (Å²) in [6.45, 7) is 3.94. The van der Waals surface area contributed by atoms with E-state index in [1.165, 1.54) is 24.1 Å². The summed E-state index contributed by atoms with van der Waals surface area (Å²) in [4.78, 5) is 17.8. The first-order valence-electron chi connectivity index (χ1n) is 10.1. The summed E-state index contributed by atoms with van der Waals surface area (Å²) in [5.74, 6) is 1.17. The Bertz CT molecular complexity index is 892. The van der Waals surface area contributed by atoms with Crippen molar-refractivity contribution < 1.29 is 9.53 Å². The zero-order valence-corrected chi connectivity index (χ0v) is 15.4. The van der Waals surface area contributed by atoms with Crippen molar-refractivity contribution in [2.24, 2.45) is 11.8 Å². The number of amides is 1. The predicted molar refractivity (Wildman–Crippen MR) is 102 cm³/mol. The van der Waals surface area contributed by atoms with Crippen molar-refractivity contribution in [2.75, 3.05) is 26.2 Å². The zero-order chi connectivity index (χ0) is 18.0. The minimum Gasteiger partial charge on any atom is -0.441 e. The largest absolute Gasteiger partial charge is 0.441 e. The van der Waals surface area contributed by atoms with Gasteiger partial charge in [0.25, 0.3) is 0 Å². The van der Waals surface area contributed by atoms with E-state index in [2.05, 4.69) is 53.4 Å². The Balaban J connectivity index is 1.33. The van der Waals surface area contributed by atoms with E-state index in [4.69, 9.17) is 4.74 Å². The summed E-state index contributed by atoms with van der Waals surface area (Å²) in [5.41, 5.74) is 3.54. The molecule has 5 aliphatic rings. The van der Waals surface area contributed by atoms with Gasteiger partial charge >= 0.3 is 6.09 Å². The molecule has 1 saturated carbocycles. The third kappa shape index (κ3) is 2.23. The first-order chi connectivity index (χ1) is 13.3. The number of piperidine rings is 3. The summed E-state index contributed by atoms with van der Waals surface area (Å²) in [5, 5.41) is 0. The molecule has 1 aliphatic carbocycles. The molecule has 0 radical (unpaired) electrons. The van der Waals surface area contributed by atoms with Crippen LogP contribution in [0.2, 0.25) is 0 Å². The number of carbonyl (C=O) groups is 1. The fourth-order valence-corrected chi connectivity index (χ4v) is 5.88. The molecule has 0 spiro atoms. The smallest absolute Gasteiger partial charge is 0.411 e. The van der Waals surface area contributed by atoms with Gasteiger partial charge in [0.2, 0.25) is 0 Å². The summed E-state index contributed by atoms with van der Waals surface area (Å²) < 4.78 is 6.26. The van der Waals surface area contributed by atoms with Gasteiger partial charge in [0.15, 0.2) is 0 Å². The average molecular weight is 360 g/mol. The maximum absolute atomic E-state index is 13.3. The SMILES string of the molecule is O=C(O[C@]12CN3CCC1C2C3)N1CCc2ccccc2[C@@H]1c1ccccc1. The van der Waals surface area contributed by atoms with Crippen LogP contribution in [-0.4, -0.2) is 47.7 Å². The minimum atomic E-state index is -0.187. The second kappa shape index (κ2) is 5.59. The maximum atomic E-state index is 13.3. The van der Waals surface area contributed by atoms with Crippen LogP contribution in [-0.2, 0) is 11.2 Å². The van der Waals surface area contributed by atoms with Crippen LogP contribution in [0.5, 0.6) is 0 Å². The summed E-state index contributed by atoms with van der Waals surface area (Å²) in [6.07, 6.45) is 1.94. The van der Waals surface area contributed by atoms with Gasteiger partial charge in [-0.25, -0.2) is 4.79 Å². The number of carbonyl (C=O) groups excluding carboxylic acids is 1. The molecule has 2 aromatic carbocycles. The molecule has 7 rings (SSSR count). The lowest BCUT2D eigenvalue weighted by atomic mass is 9.88. The van der Waals surface area contributed by atoms with Crippen molar-refractivity contribution in [3.05, 3.63) is 71.3 Å².